The second-order valence-corrected chi connectivity index (χ2v) is 8.76. The van der Waals surface area contributed by atoms with Crippen molar-refractivity contribution in [1.82, 2.24) is 0 Å². The van der Waals surface area contributed by atoms with Crippen molar-refractivity contribution < 1.29 is 17.8 Å². The third-order valence-electron chi connectivity index (χ3n) is 2.28. The van der Waals surface area contributed by atoms with E-state index >= 15 is 0 Å². The van der Waals surface area contributed by atoms with Crippen molar-refractivity contribution in [2.45, 2.75) is 45.7 Å². The summed E-state index contributed by atoms with van der Waals surface area (Å²) in [5.74, 6) is -0.405. The van der Waals surface area contributed by atoms with E-state index in [0.717, 1.165) is 18.9 Å². The standard InChI is InChI=1S/C11H24O4Si2/c1-6-8-16-15-17(13-5,9-7-2)14-11(12)10(3)4/h3,6-9,16H2,1-2,4-5H3. The van der Waals surface area contributed by atoms with Crippen LogP contribution in [0.3, 0.4) is 0 Å². The molecule has 0 aliphatic rings. The minimum absolute atomic E-state index is 0.385. The lowest BCUT2D eigenvalue weighted by atomic mass is 10.4. The first-order chi connectivity index (χ1) is 8.01. The highest BCUT2D eigenvalue weighted by molar-refractivity contribution is 6.67. The van der Waals surface area contributed by atoms with Crippen molar-refractivity contribution in [1.29, 1.82) is 0 Å². The summed E-state index contributed by atoms with van der Waals surface area (Å²) in [6, 6.07) is 1.76. The molecule has 4 nitrogen and oxygen atoms in total. The van der Waals surface area contributed by atoms with E-state index in [2.05, 4.69) is 13.5 Å². The van der Waals surface area contributed by atoms with Crippen LogP contribution in [0.25, 0.3) is 0 Å². The fraction of sp³-hybridized carbons (Fsp3) is 0.727. The molecule has 0 radical (unpaired) electrons. The highest BCUT2D eigenvalue weighted by Gasteiger charge is 2.42. The summed E-state index contributed by atoms with van der Waals surface area (Å²) in [6.45, 7) is 9.35. The van der Waals surface area contributed by atoms with E-state index in [1.54, 1.807) is 14.0 Å². The molecule has 0 rings (SSSR count). The van der Waals surface area contributed by atoms with Gasteiger partial charge in [-0.25, -0.2) is 4.79 Å². The van der Waals surface area contributed by atoms with E-state index in [1.807, 2.05) is 6.92 Å². The van der Waals surface area contributed by atoms with Gasteiger partial charge in [0.1, 0.15) is 0 Å². The fourth-order valence-corrected chi connectivity index (χ4v) is 6.11. The summed E-state index contributed by atoms with van der Waals surface area (Å²) >= 11 is 0. The van der Waals surface area contributed by atoms with Crippen molar-refractivity contribution in [3.8, 4) is 0 Å². The average Bonchev–Trinajstić information content (AvgIpc) is 2.29. The Labute approximate surface area is 108 Å². The van der Waals surface area contributed by atoms with Gasteiger partial charge in [0.05, 0.1) is 0 Å². The summed E-state index contributed by atoms with van der Waals surface area (Å²) in [5.41, 5.74) is 0.385. The number of hydrogen-bond donors (Lipinski definition) is 0. The van der Waals surface area contributed by atoms with Crippen LogP contribution in [0.15, 0.2) is 12.2 Å². The number of carbonyl (C=O) groups is 1. The second-order valence-electron chi connectivity index (χ2n) is 4.01. The predicted octanol–water partition coefficient (Wildman–Crippen LogP) is 2.03. The first-order valence-corrected chi connectivity index (χ1v) is 9.60. The van der Waals surface area contributed by atoms with E-state index in [9.17, 15) is 4.79 Å². The lowest BCUT2D eigenvalue weighted by molar-refractivity contribution is -0.133. The molecule has 0 fully saturated rings. The SMILES string of the molecule is C=C(C)C(=O)O[Si](CCC)(OC)O[SiH2]CCC. The molecule has 0 bridgehead atoms. The maximum absolute atomic E-state index is 11.6. The van der Waals surface area contributed by atoms with Gasteiger partial charge >= 0.3 is 14.8 Å². The van der Waals surface area contributed by atoms with Gasteiger partial charge in [0.2, 0.25) is 0 Å². The summed E-state index contributed by atoms with van der Waals surface area (Å²) < 4.78 is 16.7. The van der Waals surface area contributed by atoms with Gasteiger partial charge in [0, 0.05) is 18.7 Å². The van der Waals surface area contributed by atoms with Crippen molar-refractivity contribution in [3.63, 3.8) is 0 Å². The molecule has 6 heteroatoms. The lowest BCUT2D eigenvalue weighted by Gasteiger charge is -2.27. The Morgan fingerprint density at radius 3 is 2.41 bits per heavy atom. The third-order valence-corrected chi connectivity index (χ3v) is 8.09. The maximum Gasteiger partial charge on any atom is 0.557 e. The summed E-state index contributed by atoms with van der Waals surface area (Å²) in [7, 11) is -1.88. The predicted molar refractivity (Wildman–Crippen MR) is 73.5 cm³/mol. The number of rotatable bonds is 9. The van der Waals surface area contributed by atoms with Crippen molar-refractivity contribution in [3.05, 3.63) is 12.2 Å². The van der Waals surface area contributed by atoms with Crippen LogP contribution in [0.4, 0.5) is 0 Å². The monoisotopic (exact) mass is 276 g/mol. The molecule has 0 aromatic heterocycles. The first-order valence-electron chi connectivity index (χ1n) is 6.09. The molecule has 1 atom stereocenters. The molecule has 0 saturated heterocycles. The Hall–Kier alpha value is -0.436. The van der Waals surface area contributed by atoms with Crippen molar-refractivity contribution in [2.24, 2.45) is 0 Å². The van der Waals surface area contributed by atoms with Gasteiger partial charge in [-0.2, -0.15) is 0 Å². The van der Waals surface area contributed by atoms with Crippen molar-refractivity contribution in [2.75, 3.05) is 7.11 Å². The van der Waals surface area contributed by atoms with Gasteiger partial charge in [-0.05, 0) is 13.0 Å². The zero-order valence-corrected chi connectivity index (χ0v) is 13.8. The first kappa shape index (κ1) is 16.6. The highest BCUT2D eigenvalue weighted by Crippen LogP contribution is 2.18. The van der Waals surface area contributed by atoms with Crippen LogP contribution < -0.4 is 0 Å². The average molecular weight is 276 g/mol. The van der Waals surface area contributed by atoms with Gasteiger partial charge in [-0.15, -0.1) is 0 Å². The smallest absolute Gasteiger partial charge is 0.470 e. The molecule has 0 aliphatic heterocycles. The highest BCUT2D eigenvalue weighted by atomic mass is 28.4. The molecule has 0 N–H and O–H groups in total. The van der Waals surface area contributed by atoms with E-state index < -0.39 is 24.5 Å². The van der Waals surface area contributed by atoms with Gasteiger partial charge < -0.3 is 13.0 Å². The van der Waals surface area contributed by atoms with E-state index in [0.29, 0.717) is 11.6 Å². The van der Waals surface area contributed by atoms with Crippen LogP contribution in [0.5, 0.6) is 0 Å². The Kier molecular flexibility index (Phi) is 8.40. The molecular weight excluding hydrogens is 252 g/mol. The summed E-state index contributed by atoms with van der Waals surface area (Å²) in [6.07, 6.45) is 1.98. The summed E-state index contributed by atoms with van der Waals surface area (Å²) in [5, 5.41) is 0. The van der Waals surface area contributed by atoms with E-state index in [-0.39, 0.29) is 0 Å². The van der Waals surface area contributed by atoms with Gasteiger partial charge in [0.15, 0.2) is 9.76 Å². The van der Waals surface area contributed by atoms with Gasteiger partial charge in [0.25, 0.3) is 0 Å². The molecule has 1 unspecified atom stereocenters. The van der Waals surface area contributed by atoms with Gasteiger partial charge in [-0.1, -0.05) is 33.3 Å². The molecule has 0 amide bonds. The lowest BCUT2D eigenvalue weighted by Crippen LogP contribution is -2.47. The largest absolute Gasteiger partial charge is 0.557 e. The normalized spacial score (nSPS) is 14.8. The third kappa shape index (κ3) is 6.16. The van der Waals surface area contributed by atoms with Crippen LogP contribution in [0, 0.1) is 0 Å². The molecule has 0 saturated carbocycles. The van der Waals surface area contributed by atoms with Crippen LogP contribution in [-0.4, -0.2) is 31.6 Å². The molecule has 17 heavy (non-hydrogen) atoms. The second kappa shape index (κ2) is 8.62. The topological polar surface area (TPSA) is 44.8 Å². The number of hydrogen-bond acceptors (Lipinski definition) is 4. The Morgan fingerprint density at radius 1 is 1.35 bits per heavy atom. The fourth-order valence-electron chi connectivity index (χ4n) is 1.26. The van der Waals surface area contributed by atoms with Crippen molar-refractivity contribution >= 4 is 24.5 Å². The van der Waals surface area contributed by atoms with Crippen LogP contribution in [-0.2, 0) is 17.8 Å². The molecule has 0 spiro atoms. The zero-order chi connectivity index (χ0) is 13.3. The maximum atomic E-state index is 11.6. The Balaban J connectivity index is 4.56. The summed E-state index contributed by atoms with van der Waals surface area (Å²) in [4.78, 5) is 11.6. The molecule has 0 heterocycles. The minimum atomic E-state index is -2.78. The van der Waals surface area contributed by atoms with Crippen LogP contribution in [0.2, 0.25) is 12.1 Å². The molecule has 0 aromatic carbocycles. The minimum Gasteiger partial charge on any atom is -0.470 e. The molecule has 0 aliphatic carbocycles. The quantitative estimate of drug-likeness (QED) is 0.367. The van der Waals surface area contributed by atoms with E-state index in [4.69, 9.17) is 13.0 Å². The van der Waals surface area contributed by atoms with Crippen LogP contribution >= 0.6 is 0 Å². The van der Waals surface area contributed by atoms with Crippen LogP contribution in [0.1, 0.15) is 33.6 Å². The molecule has 0 aromatic rings. The van der Waals surface area contributed by atoms with E-state index in [1.165, 1.54) is 0 Å². The number of carbonyl (C=O) groups excluding carboxylic acids is 1. The van der Waals surface area contributed by atoms with Gasteiger partial charge in [-0.3, -0.25) is 0 Å². The Bertz CT molecular complexity index is 258. The molecule has 100 valence electrons. The zero-order valence-electron chi connectivity index (χ0n) is 11.4. The molecular formula is C11H24O4Si2. The Morgan fingerprint density at radius 2 is 2.00 bits per heavy atom.